The van der Waals surface area contributed by atoms with E-state index in [2.05, 4.69) is 66.7 Å². The molecule has 25 heavy (non-hydrogen) atoms. The van der Waals surface area contributed by atoms with Crippen molar-refractivity contribution in [2.24, 2.45) is 0 Å². The van der Waals surface area contributed by atoms with Crippen LogP contribution in [0.2, 0.25) is 0 Å². The molecule has 0 aliphatic heterocycles. The summed E-state index contributed by atoms with van der Waals surface area (Å²) in [5, 5.41) is 1.05. The largest absolute Gasteiger partial charge is 0.563 e. The lowest BCUT2D eigenvalue weighted by Crippen LogP contribution is -2.03. The van der Waals surface area contributed by atoms with Crippen LogP contribution in [0.1, 0.15) is 0 Å². The second kappa shape index (κ2) is 6.87. The molecule has 0 aliphatic rings. The fourth-order valence-electron chi connectivity index (χ4n) is 3.25. The molecule has 0 bridgehead atoms. The van der Waals surface area contributed by atoms with E-state index in [-0.39, 0.29) is 0 Å². The molecule has 0 atom stereocenters. The Balaban J connectivity index is 2.08. The van der Waals surface area contributed by atoms with E-state index < -0.39 is 8.64 Å². The Bertz CT molecular complexity index is 980. The first-order valence-corrected chi connectivity index (χ1v) is 9.89. The summed E-state index contributed by atoms with van der Waals surface area (Å²) in [6.07, 6.45) is 0. The van der Waals surface area contributed by atoms with Crippen molar-refractivity contribution < 1.29 is 4.80 Å². The fourth-order valence-corrected chi connectivity index (χ4v) is 4.74. The van der Waals surface area contributed by atoms with Gasteiger partial charge in [0.25, 0.3) is 8.64 Å². The standard InChI is InChI=1S/C23H18OSi/c24-25-17-16-21(18-10-4-1-5-11-18)22(19-12-6-2-7-13-19)23(25)20-14-8-3-9-15-20/h1-17,24H. The Morgan fingerprint density at radius 3 is 1.56 bits per heavy atom. The predicted octanol–water partition coefficient (Wildman–Crippen LogP) is 5.47. The molecular formula is C23H18OSi. The molecule has 0 radical (unpaired) electrons. The third-order valence-electron chi connectivity index (χ3n) is 4.39. The SMILES string of the molecule is O[si]1ccc(-c2ccccc2)c(-c2ccccc2)c1-c1ccccc1. The predicted molar refractivity (Wildman–Crippen MR) is 106 cm³/mol. The van der Waals surface area contributed by atoms with Crippen LogP contribution in [-0.2, 0) is 0 Å². The van der Waals surface area contributed by atoms with Crippen LogP contribution in [0.25, 0.3) is 33.0 Å². The maximum Gasteiger partial charge on any atom is 0.267 e. The summed E-state index contributed by atoms with van der Waals surface area (Å²) in [6.45, 7) is 0. The van der Waals surface area contributed by atoms with Crippen LogP contribution in [0.4, 0.5) is 0 Å². The van der Waals surface area contributed by atoms with Gasteiger partial charge in [-0.3, -0.25) is 0 Å². The second-order valence-corrected chi connectivity index (χ2v) is 7.58. The van der Waals surface area contributed by atoms with E-state index in [1.807, 2.05) is 36.0 Å². The zero-order valence-corrected chi connectivity index (χ0v) is 14.8. The molecule has 0 amide bonds. The van der Waals surface area contributed by atoms with Gasteiger partial charge < -0.3 is 4.80 Å². The van der Waals surface area contributed by atoms with Gasteiger partial charge in [-0.1, -0.05) is 97.1 Å². The smallest absolute Gasteiger partial charge is 0.267 e. The van der Waals surface area contributed by atoms with Crippen molar-refractivity contribution in [3.63, 3.8) is 0 Å². The minimum atomic E-state index is -1.74. The first kappa shape index (κ1) is 15.5. The molecule has 2 heteroatoms. The molecule has 1 nitrogen and oxygen atoms in total. The number of rotatable bonds is 3. The van der Waals surface area contributed by atoms with Crippen LogP contribution >= 0.6 is 0 Å². The van der Waals surface area contributed by atoms with Crippen molar-refractivity contribution in [1.29, 1.82) is 0 Å². The molecule has 0 saturated heterocycles. The molecular weight excluding hydrogens is 320 g/mol. The molecule has 120 valence electrons. The summed E-state index contributed by atoms with van der Waals surface area (Å²) in [5.41, 5.74) is 7.67. The molecule has 0 fully saturated rings. The average molecular weight is 338 g/mol. The monoisotopic (exact) mass is 338 g/mol. The highest BCUT2D eigenvalue weighted by atomic mass is 28.3. The third kappa shape index (κ3) is 3.04. The van der Waals surface area contributed by atoms with Gasteiger partial charge in [0, 0.05) is 5.17 Å². The lowest BCUT2D eigenvalue weighted by atomic mass is 9.93. The first-order chi connectivity index (χ1) is 12.3. The first-order valence-electron chi connectivity index (χ1n) is 8.37. The number of benzene rings is 3. The highest BCUT2D eigenvalue weighted by Gasteiger charge is 2.18. The summed E-state index contributed by atoms with van der Waals surface area (Å²) < 4.78 is 0. The molecule has 3 aromatic carbocycles. The van der Waals surface area contributed by atoms with Crippen molar-refractivity contribution in [1.82, 2.24) is 0 Å². The Kier molecular flexibility index (Phi) is 4.28. The van der Waals surface area contributed by atoms with Crippen LogP contribution in [0.3, 0.4) is 0 Å². The van der Waals surface area contributed by atoms with E-state index in [9.17, 15) is 4.80 Å². The van der Waals surface area contributed by atoms with Gasteiger partial charge in [0.1, 0.15) is 0 Å². The summed E-state index contributed by atoms with van der Waals surface area (Å²) in [5.74, 6) is 0. The molecule has 0 aliphatic carbocycles. The van der Waals surface area contributed by atoms with E-state index in [4.69, 9.17) is 0 Å². The summed E-state index contributed by atoms with van der Waals surface area (Å²) in [7, 11) is -1.74. The van der Waals surface area contributed by atoms with Crippen LogP contribution < -0.4 is 0 Å². The minimum absolute atomic E-state index is 1.05. The molecule has 4 aromatic rings. The topological polar surface area (TPSA) is 20.2 Å². The third-order valence-corrected chi connectivity index (χ3v) is 5.93. The molecule has 4 rings (SSSR count). The Morgan fingerprint density at radius 2 is 1.00 bits per heavy atom. The van der Waals surface area contributed by atoms with E-state index in [1.165, 1.54) is 5.56 Å². The maximum atomic E-state index is 10.9. The average Bonchev–Trinajstić information content (AvgIpc) is 2.70. The van der Waals surface area contributed by atoms with Gasteiger partial charge in [0.15, 0.2) is 0 Å². The summed E-state index contributed by atoms with van der Waals surface area (Å²) >= 11 is 0. The lowest BCUT2D eigenvalue weighted by molar-refractivity contribution is 0.608. The Labute approximate surface area is 149 Å². The maximum absolute atomic E-state index is 10.9. The molecule has 0 unspecified atom stereocenters. The second-order valence-electron chi connectivity index (χ2n) is 5.98. The van der Waals surface area contributed by atoms with Crippen LogP contribution in [-0.4, -0.2) is 13.4 Å². The van der Waals surface area contributed by atoms with Crippen LogP contribution in [0.5, 0.6) is 0 Å². The van der Waals surface area contributed by atoms with Gasteiger partial charge in [0.2, 0.25) is 0 Å². The van der Waals surface area contributed by atoms with Gasteiger partial charge in [-0.2, -0.15) is 0 Å². The molecule has 0 saturated carbocycles. The zero-order valence-electron chi connectivity index (χ0n) is 13.8. The van der Waals surface area contributed by atoms with E-state index >= 15 is 0 Å². The molecule has 1 aromatic heterocycles. The van der Waals surface area contributed by atoms with Gasteiger partial charge >= 0.3 is 0 Å². The molecule has 1 N–H and O–H groups in total. The normalized spacial score (nSPS) is 10.6. The Morgan fingerprint density at radius 1 is 0.520 bits per heavy atom. The van der Waals surface area contributed by atoms with Crippen molar-refractivity contribution in [2.75, 3.05) is 0 Å². The Hall–Kier alpha value is -2.97. The lowest BCUT2D eigenvalue weighted by Gasteiger charge is -2.17. The van der Waals surface area contributed by atoms with Crippen molar-refractivity contribution in [3.8, 4) is 33.0 Å². The van der Waals surface area contributed by atoms with E-state index in [0.717, 1.165) is 27.4 Å². The van der Waals surface area contributed by atoms with Crippen molar-refractivity contribution in [3.05, 3.63) is 103 Å². The summed E-state index contributed by atoms with van der Waals surface area (Å²) in [6, 6.07) is 33.1. The number of hydrogen-bond acceptors (Lipinski definition) is 1. The van der Waals surface area contributed by atoms with Crippen LogP contribution in [0, 0.1) is 0 Å². The highest BCUT2D eigenvalue weighted by molar-refractivity contribution is 6.54. The zero-order chi connectivity index (χ0) is 17.1. The van der Waals surface area contributed by atoms with Crippen molar-refractivity contribution >= 4 is 8.64 Å². The highest BCUT2D eigenvalue weighted by Crippen LogP contribution is 2.39. The summed E-state index contributed by atoms with van der Waals surface area (Å²) in [4.78, 5) is 10.9. The van der Waals surface area contributed by atoms with Crippen LogP contribution in [0.15, 0.2) is 103 Å². The van der Waals surface area contributed by atoms with Crippen molar-refractivity contribution in [2.45, 2.75) is 0 Å². The van der Waals surface area contributed by atoms with E-state index in [1.54, 1.807) is 0 Å². The van der Waals surface area contributed by atoms with E-state index in [0.29, 0.717) is 0 Å². The molecule has 0 spiro atoms. The molecule has 1 heterocycles. The van der Waals surface area contributed by atoms with Gasteiger partial charge in [-0.05, 0) is 33.5 Å². The van der Waals surface area contributed by atoms with Gasteiger partial charge in [0.05, 0.1) is 0 Å². The van der Waals surface area contributed by atoms with Gasteiger partial charge in [-0.15, -0.1) is 0 Å². The van der Waals surface area contributed by atoms with Gasteiger partial charge in [-0.25, -0.2) is 0 Å². The quantitative estimate of drug-likeness (QED) is 0.491. The minimum Gasteiger partial charge on any atom is -0.563 e. The number of hydrogen-bond donors (Lipinski definition) is 1. The fraction of sp³-hybridized carbons (Fsp3) is 0.